The van der Waals surface area contributed by atoms with Crippen molar-refractivity contribution in [1.82, 2.24) is 15.2 Å². The van der Waals surface area contributed by atoms with Crippen LogP contribution in [0.3, 0.4) is 0 Å². The molecule has 2 aromatic rings. The third kappa shape index (κ3) is 4.40. The van der Waals surface area contributed by atoms with Crippen LogP contribution >= 0.6 is 11.6 Å². The van der Waals surface area contributed by atoms with Crippen molar-refractivity contribution in [2.45, 2.75) is 57.7 Å². The van der Waals surface area contributed by atoms with Gasteiger partial charge in [-0.3, -0.25) is 19.2 Å². The average molecular weight is 511 g/mol. The second-order valence-corrected chi connectivity index (χ2v) is 9.31. The van der Waals surface area contributed by atoms with Gasteiger partial charge in [-0.2, -0.15) is 0 Å². The molecule has 0 spiro atoms. The van der Waals surface area contributed by atoms with E-state index in [1.54, 1.807) is 4.57 Å². The van der Waals surface area contributed by atoms with Crippen LogP contribution in [0.5, 0.6) is 0 Å². The van der Waals surface area contributed by atoms with Crippen molar-refractivity contribution in [3.63, 3.8) is 0 Å². The van der Waals surface area contributed by atoms with E-state index >= 15 is 0 Å². The molecule has 1 aliphatic carbocycles. The number of hydrogen-bond donors (Lipinski definition) is 3. The zero-order valence-corrected chi connectivity index (χ0v) is 19.6. The number of fused-ring (bicyclic) bond motifs is 1. The van der Waals surface area contributed by atoms with Gasteiger partial charge in [-0.15, -0.1) is 0 Å². The summed E-state index contributed by atoms with van der Waals surface area (Å²) in [4.78, 5) is 49.8. The lowest BCUT2D eigenvalue weighted by atomic mass is 9.80. The maximum atomic E-state index is 14.1. The molecule has 1 aromatic carbocycles. The standard InChI is InChI=1S/C23H22ClF3N4O4/c1-11-14(24)6-13(7-15(11)25)29-20(34)18-12(2)17(16-4-3-5-31(16)18)19(33)21(35)30-23(28-10-32)8-22(26,27)9-23/h6-7,10H,3-5,8-9H2,1-2H3,(H,28,32)(H,29,34)(H,30,35). The average Bonchev–Trinajstić information content (AvgIpc) is 3.29. The van der Waals surface area contributed by atoms with Crippen LogP contribution in [0.2, 0.25) is 5.02 Å². The number of carbonyl (C=O) groups is 4. The fourth-order valence-corrected chi connectivity index (χ4v) is 4.99. The highest BCUT2D eigenvalue weighted by Crippen LogP contribution is 2.44. The molecule has 0 radical (unpaired) electrons. The summed E-state index contributed by atoms with van der Waals surface area (Å²) in [5.74, 6) is -6.47. The molecule has 3 N–H and O–H groups in total. The Morgan fingerprint density at radius 3 is 2.43 bits per heavy atom. The van der Waals surface area contributed by atoms with Gasteiger partial charge in [-0.05, 0) is 44.4 Å². The molecule has 12 heteroatoms. The molecule has 186 valence electrons. The van der Waals surface area contributed by atoms with Crippen LogP contribution in [0, 0.1) is 19.7 Å². The Balaban J connectivity index is 1.62. The monoisotopic (exact) mass is 510 g/mol. The molecule has 35 heavy (non-hydrogen) atoms. The molecule has 3 amide bonds. The molecule has 2 aliphatic rings. The smallest absolute Gasteiger partial charge is 0.294 e. The summed E-state index contributed by atoms with van der Waals surface area (Å²) >= 11 is 6.00. The zero-order chi connectivity index (χ0) is 25.7. The summed E-state index contributed by atoms with van der Waals surface area (Å²) in [6.45, 7) is 3.41. The molecular formula is C23H22ClF3N4O4. The Kier molecular flexibility index (Phi) is 6.16. The van der Waals surface area contributed by atoms with Gasteiger partial charge in [-0.1, -0.05) is 11.6 Å². The number of nitrogens with one attached hydrogen (secondary N) is 3. The Labute approximate surface area is 203 Å². The quantitative estimate of drug-likeness (QED) is 0.230. The van der Waals surface area contributed by atoms with Gasteiger partial charge in [0.1, 0.15) is 17.2 Å². The minimum Gasteiger partial charge on any atom is -0.340 e. The largest absolute Gasteiger partial charge is 0.340 e. The molecule has 8 nitrogen and oxygen atoms in total. The van der Waals surface area contributed by atoms with Gasteiger partial charge in [0.25, 0.3) is 23.5 Å². The molecule has 1 aliphatic heterocycles. The summed E-state index contributed by atoms with van der Waals surface area (Å²) in [6.07, 6.45) is -0.458. The van der Waals surface area contributed by atoms with Gasteiger partial charge < -0.3 is 20.5 Å². The number of Topliss-reactive ketones (excluding diaryl/α,β-unsaturated/α-hetero) is 1. The van der Waals surface area contributed by atoms with Crippen LogP contribution in [-0.2, 0) is 22.6 Å². The predicted octanol–water partition coefficient (Wildman–Crippen LogP) is 3.27. The van der Waals surface area contributed by atoms with E-state index in [0.717, 1.165) is 6.07 Å². The minimum atomic E-state index is -3.08. The van der Waals surface area contributed by atoms with Crippen LogP contribution < -0.4 is 16.0 Å². The molecule has 0 bridgehead atoms. The molecule has 0 saturated heterocycles. The number of hydrogen-bond acceptors (Lipinski definition) is 4. The number of alkyl halides is 2. The second-order valence-electron chi connectivity index (χ2n) is 8.91. The topological polar surface area (TPSA) is 109 Å². The van der Waals surface area contributed by atoms with Crippen molar-refractivity contribution < 1.29 is 32.3 Å². The van der Waals surface area contributed by atoms with E-state index in [9.17, 15) is 32.3 Å². The van der Waals surface area contributed by atoms with E-state index in [-0.39, 0.29) is 39.5 Å². The third-order valence-corrected chi connectivity index (χ3v) is 6.80. The van der Waals surface area contributed by atoms with E-state index in [2.05, 4.69) is 16.0 Å². The summed E-state index contributed by atoms with van der Waals surface area (Å²) in [6, 6.07) is 2.52. The van der Waals surface area contributed by atoms with Crippen molar-refractivity contribution in [3.8, 4) is 0 Å². The van der Waals surface area contributed by atoms with E-state index in [1.807, 2.05) is 0 Å². The molecular weight excluding hydrogens is 489 g/mol. The molecule has 2 heterocycles. The van der Waals surface area contributed by atoms with Gasteiger partial charge in [0.15, 0.2) is 0 Å². The van der Waals surface area contributed by atoms with Crippen molar-refractivity contribution in [1.29, 1.82) is 0 Å². The number of benzene rings is 1. The lowest BCUT2D eigenvalue weighted by Gasteiger charge is -2.46. The summed E-state index contributed by atoms with van der Waals surface area (Å²) in [5, 5.41) is 7.09. The van der Waals surface area contributed by atoms with Crippen molar-refractivity contribution in [3.05, 3.63) is 51.1 Å². The Hall–Kier alpha value is -3.34. The van der Waals surface area contributed by atoms with Crippen LogP contribution in [0.4, 0.5) is 18.9 Å². The fourth-order valence-electron chi connectivity index (χ4n) is 4.78. The number of ketones is 1. The highest BCUT2D eigenvalue weighted by Gasteiger charge is 2.58. The van der Waals surface area contributed by atoms with Gasteiger partial charge in [0.2, 0.25) is 6.41 Å². The van der Waals surface area contributed by atoms with Crippen molar-refractivity contribution >= 4 is 41.3 Å². The predicted molar refractivity (Wildman–Crippen MR) is 120 cm³/mol. The number of nitrogens with zero attached hydrogens (tertiary/aromatic N) is 1. The first-order chi connectivity index (χ1) is 16.4. The van der Waals surface area contributed by atoms with Crippen molar-refractivity contribution in [2.24, 2.45) is 0 Å². The first-order valence-corrected chi connectivity index (χ1v) is 11.2. The van der Waals surface area contributed by atoms with E-state index in [0.29, 0.717) is 25.1 Å². The zero-order valence-electron chi connectivity index (χ0n) is 18.9. The normalized spacial score (nSPS) is 17.2. The van der Waals surface area contributed by atoms with Gasteiger partial charge in [0.05, 0.1) is 18.4 Å². The number of rotatable bonds is 7. The van der Waals surface area contributed by atoms with Gasteiger partial charge in [-0.25, -0.2) is 13.2 Å². The van der Waals surface area contributed by atoms with Gasteiger partial charge in [0, 0.05) is 28.5 Å². The molecule has 0 unspecified atom stereocenters. The molecule has 4 rings (SSSR count). The maximum absolute atomic E-state index is 14.1. The fraction of sp³-hybridized carbons (Fsp3) is 0.391. The number of amides is 3. The minimum absolute atomic E-state index is 0.00519. The Bertz CT molecular complexity index is 1240. The van der Waals surface area contributed by atoms with Crippen LogP contribution in [-0.4, -0.2) is 40.2 Å². The summed E-state index contributed by atoms with van der Waals surface area (Å²) in [5.41, 5.74) is -0.537. The number of halogens is 4. The molecule has 0 atom stereocenters. The first-order valence-electron chi connectivity index (χ1n) is 10.8. The first kappa shape index (κ1) is 24.8. The molecule has 1 fully saturated rings. The number of anilines is 1. The Morgan fingerprint density at radius 1 is 1.14 bits per heavy atom. The van der Waals surface area contributed by atoms with Crippen LogP contribution in [0.1, 0.15) is 56.9 Å². The lowest BCUT2D eigenvalue weighted by molar-refractivity contribution is -0.155. The van der Waals surface area contributed by atoms with E-state index < -0.39 is 47.8 Å². The van der Waals surface area contributed by atoms with E-state index in [1.165, 1.54) is 19.9 Å². The number of aromatic nitrogens is 1. The Morgan fingerprint density at radius 2 is 1.83 bits per heavy atom. The SMILES string of the molecule is Cc1c(F)cc(NC(=O)c2c(C)c(C(=O)C(=O)NC3(NC=O)CC(F)(F)C3)c3n2CCC3)cc1Cl. The van der Waals surface area contributed by atoms with Gasteiger partial charge >= 0.3 is 0 Å². The summed E-state index contributed by atoms with van der Waals surface area (Å²) < 4.78 is 42.6. The highest BCUT2D eigenvalue weighted by atomic mass is 35.5. The molecule has 1 aromatic heterocycles. The third-order valence-electron chi connectivity index (χ3n) is 6.41. The van der Waals surface area contributed by atoms with Crippen LogP contribution in [0.25, 0.3) is 0 Å². The van der Waals surface area contributed by atoms with Crippen LogP contribution in [0.15, 0.2) is 12.1 Å². The number of carbonyl (C=O) groups excluding carboxylic acids is 4. The molecule has 1 saturated carbocycles. The van der Waals surface area contributed by atoms with E-state index in [4.69, 9.17) is 11.6 Å². The second kappa shape index (κ2) is 8.71. The lowest BCUT2D eigenvalue weighted by Crippen LogP contribution is -2.70. The maximum Gasteiger partial charge on any atom is 0.294 e. The summed E-state index contributed by atoms with van der Waals surface area (Å²) in [7, 11) is 0. The highest BCUT2D eigenvalue weighted by molar-refractivity contribution is 6.44. The van der Waals surface area contributed by atoms with Crippen molar-refractivity contribution in [2.75, 3.05) is 5.32 Å².